The molecular formula is C25H31N5O3S. The normalized spacial score (nSPS) is 10.9. The van der Waals surface area contributed by atoms with Gasteiger partial charge < -0.3 is 19.9 Å². The fraction of sp³-hybridized carbons (Fsp3) is 0.360. The van der Waals surface area contributed by atoms with E-state index in [4.69, 9.17) is 4.74 Å². The van der Waals surface area contributed by atoms with Gasteiger partial charge in [0.1, 0.15) is 5.75 Å². The Labute approximate surface area is 204 Å². The van der Waals surface area contributed by atoms with Gasteiger partial charge in [0.05, 0.1) is 12.3 Å². The average molecular weight is 482 g/mol. The van der Waals surface area contributed by atoms with E-state index in [1.165, 1.54) is 17.3 Å². The first-order chi connectivity index (χ1) is 16.4. The van der Waals surface area contributed by atoms with E-state index < -0.39 is 0 Å². The van der Waals surface area contributed by atoms with Gasteiger partial charge >= 0.3 is 0 Å². The van der Waals surface area contributed by atoms with Crippen LogP contribution in [0.4, 0.5) is 5.69 Å². The van der Waals surface area contributed by atoms with E-state index in [2.05, 4.69) is 34.7 Å². The maximum absolute atomic E-state index is 12.3. The number of benzene rings is 2. The largest absolute Gasteiger partial charge is 0.484 e. The van der Waals surface area contributed by atoms with E-state index in [0.29, 0.717) is 29.2 Å². The van der Waals surface area contributed by atoms with Crippen LogP contribution in [-0.2, 0) is 22.7 Å². The van der Waals surface area contributed by atoms with Crippen LogP contribution in [0.1, 0.15) is 43.6 Å². The zero-order valence-electron chi connectivity index (χ0n) is 20.0. The van der Waals surface area contributed by atoms with Crippen LogP contribution in [0, 0.1) is 6.92 Å². The van der Waals surface area contributed by atoms with Gasteiger partial charge in [-0.2, -0.15) is 0 Å². The molecule has 34 heavy (non-hydrogen) atoms. The summed E-state index contributed by atoms with van der Waals surface area (Å²) in [7, 11) is 0. The summed E-state index contributed by atoms with van der Waals surface area (Å²) in [6, 6.07) is 15.4. The summed E-state index contributed by atoms with van der Waals surface area (Å²) in [4.78, 5) is 24.5. The second-order valence-electron chi connectivity index (χ2n) is 8.14. The molecule has 0 atom stereocenters. The second kappa shape index (κ2) is 12.2. The minimum absolute atomic E-state index is 0.0813. The molecule has 0 saturated heterocycles. The average Bonchev–Trinajstić information content (AvgIpc) is 3.22. The molecule has 0 radical (unpaired) electrons. The molecule has 1 heterocycles. The first-order valence-corrected chi connectivity index (χ1v) is 12.2. The van der Waals surface area contributed by atoms with E-state index in [1.807, 2.05) is 66.9 Å². The lowest BCUT2D eigenvalue weighted by Gasteiger charge is -2.10. The summed E-state index contributed by atoms with van der Waals surface area (Å²) >= 11 is 1.31. The third kappa shape index (κ3) is 7.34. The zero-order valence-corrected chi connectivity index (χ0v) is 20.8. The third-order valence-corrected chi connectivity index (χ3v) is 6.07. The topological polar surface area (TPSA) is 98.1 Å². The molecule has 8 nitrogen and oxygen atoms in total. The molecule has 0 aliphatic carbocycles. The molecule has 0 bridgehead atoms. The Bertz CT molecular complexity index is 1110. The molecule has 180 valence electrons. The number of carbonyl (C=O) groups excluding carboxylic acids is 2. The fourth-order valence-electron chi connectivity index (χ4n) is 3.25. The molecule has 0 aliphatic heterocycles. The van der Waals surface area contributed by atoms with Gasteiger partial charge in [0.2, 0.25) is 5.91 Å². The van der Waals surface area contributed by atoms with Gasteiger partial charge in [-0.1, -0.05) is 49.9 Å². The fourth-order valence-corrected chi connectivity index (χ4v) is 4.07. The first-order valence-electron chi connectivity index (χ1n) is 11.3. The van der Waals surface area contributed by atoms with Crippen molar-refractivity contribution in [3.05, 3.63) is 65.5 Å². The van der Waals surface area contributed by atoms with Gasteiger partial charge in [-0.05, 0) is 55.2 Å². The van der Waals surface area contributed by atoms with Gasteiger partial charge in [-0.25, -0.2) is 0 Å². The predicted octanol–water partition coefficient (Wildman–Crippen LogP) is 4.16. The summed E-state index contributed by atoms with van der Waals surface area (Å²) in [6.07, 6.45) is 0. The van der Waals surface area contributed by atoms with Gasteiger partial charge in [0, 0.05) is 12.2 Å². The number of hydrogen-bond donors (Lipinski definition) is 2. The van der Waals surface area contributed by atoms with Crippen molar-refractivity contribution in [3.63, 3.8) is 0 Å². The number of nitrogens with one attached hydrogen (secondary N) is 2. The Hall–Kier alpha value is -3.33. The number of nitrogens with zero attached hydrogens (tertiary/aromatic N) is 3. The maximum atomic E-state index is 12.3. The highest BCUT2D eigenvalue weighted by Gasteiger charge is 2.14. The zero-order chi connectivity index (χ0) is 24.5. The van der Waals surface area contributed by atoms with E-state index in [9.17, 15) is 9.59 Å². The van der Waals surface area contributed by atoms with Crippen molar-refractivity contribution in [1.82, 2.24) is 20.1 Å². The van der Waals surface area contributed by atoms with Crippen LogP contribution in [0.25, 0.3) is 0 Å². The number of aromatic nitrogens is 3. The second-order valence-corrected chi connectivity index (χ2v) is 9.08. The summed E-state index contributed by atoms with van der Waals surface area (Å²) in [6.45, 7) is 8.97. The quantitative estimate of drug-likeness (QED) is 0.399. The summed E-state index contributed by atoms with van der Waals surface area (Å²) in [5, 5.41) is 14.7. The van der Waals surface area contributed by atoms with Crippen molar-refractivity contribution in [2.24, 2.45) is 0 Å². The Morgan fingerprint density at radius 3 is 2.53 bits per heavy atom. The highest BCUT2D eigenvalue weighted by molar-refractivity contribution is 7.99. The molecule has 0 aliphatic rings. The van der Waals surface area contributed by atoms with Crippen LogP contribution >= 0.6 is 11.8 Å². The van der Waals surface area contributed by atoms with E-state index in [1.54, 1.807) is 0 Å². The molecule has 9 heteroatoms. The number of ether oxygens (including phenoxy) is 1. The van der Waals surface area contributed by atoms with E-state index >= 15 is 0 Å². The summed E-state index contributed by atoms with van der Waals surface area (Å²) in [5.41, 5.74) is 3.07. The lowest BCUT2D eigenvalue weighted by molar-refractivity contribution is -0.123. The highest BCUT2D eigenvalue weighted by atomic mass is 32.2. The lowest BCUT2D eigenvalue weighted by atomic mass is 10.0. The smallest absolute Gasteiger partial charge is 0.258 e. The van der Waals surface area contributed by atoms with Crippen molar-refractivity contribution < 1.29 is 14.3 Å². The molecule has 0 spiro atoms. The molecular weight excluding hydrogens is 450 g/mol. The van der Waals surface area contributed by atoms with Crippen molar-refractivity contribution >= 4 is 29.3 Å². The number of aryl methyl sites for hydroxylation is 1. The SMILES string of the molecule is CCn1c(CNC(=O)COc2ccc(C(C)C)cc2)nnc1SCC(=O)Nc1cccc(C)c1. The van der Waals surface area contributed by atoms with E-state index in [0.717, 1.165) is 11.3 Å². The number of amides is 2. The van der Waals surface area contributed by atoms with Crippen LogP contribution in [0.15, 0.2) is 53.7 Å². The first kappa shape index (κ1) is 25.3. The van der Waals surface area contributed by atoms with Gasteiger partial charge in [-0.3, -0.25) is 9.59 Å². The number of carbonyl (C=O) groups is 2. The lowest BCUT2D eigenvalue weighted by Crippen LogP contribution is -2.29. The van der Waals surface area contributed by atoms with Crippen molar-refractivity contribution in [1.29, 1.82) is 0 Å². The number of rotatable bonds is 11. The predicted molar refractivity (Wildman–Crippen MR) is 134 cm³/mol. The third-order valence-electron chi connectivity index (χ3n) is 5.10. The van der Waals surface area contributed by atoms with Crippen LogP contribution in [-0.4, -0.2) is 38.9 Å². The summed E-state index contributed by atoms with van der Waals surface area (Å²) < 4.78 is 7.46. The standard InChI is InChI=1S/C25H31N5O3S/c1-5-30-22(14-26-23(31)15-33-21-11-9-19(10-12-21)17(2)3)28-29-25(30)34-16-24(32)27-20-8-6-7-18(4)13-20/h6-13,17H,5,14-16H2,1-4H3,(H,26,31)(H,27,32). The minimum atomic E-state index is -0.245. The Balaban J connectivity index is 1.46. The molecule has 0 fully saturated rings. The molecule has 1 aromatic heterocycles. The number of anilines is 1. The maximum Gasteiger partial charge on any atom is 0.258 e. The molecule has 2 aromatic carbocycles. The monoisotopic (exact) mass is 481 g/mol. The summed E-state index contributed by atoms with van der Waals surface area (Å²) in [5.74, 6) is 1.57. The Kier molecular flexibility index (Phi) is 9.09. The van der Waals surface area contributed by atoms with Gasteiger partial charge in [0.15, 0.2) is 17.6 Å². The van der Waals surface area contributed by atoms with Crippen molar-refractivity contribution in [3.8, 4) is 5.75 Å². The van der Waals surface area contributed by atoms with Gasteiger partial charge in [0.25, 0.3) is 5.91 Å². The molecule has 3 aromatic rings. The number of thioether (sulfide) groups is 1. The Morgan fingerprint density at radius 2 is 1.85 bits per heavy atom. The molecule has 3 rings (SSSR count). The molecule has 2 N–H and O–H groups in total. The highest BCUT2D eigenvalue weighted by Crippen LogP contribution is 2.19. The Morgan fingerprint density at radius 1 is 1.09 bits per heavy atom. The number of hydrogen-bond acceptors (Lipinski definition) is 6. The van der Waals surface area contributed by atoms with E-state index in [-0.39, 0.29) is 30.7 Å². The molecule has 0 saturated carbocycles. The molecule has 0 unspecified atom stereocenters. The van der Waals surface area contributed by atoms with Crippen molar-refractivity contribution in [2.75, 3.05) is 17.7 Å². The minimum Gasteiger partial charge on any atom is -0.484 e. The van der Waals surface area contributed by atoms with Crippen LogP contribution < -0.4 is 15.4 Å². The van der Waals surface area contributed by atoms with Crippen LogP contribution in [0.5, 0.6) is 5.75 Å². The van der Waals surface area contributed by atoms with Crippen LogP contribution in [0.2, 0.25) is 0 Å². The van der Waals surface area contributed by atoms with Crippen molar-refractivity contribution in [2.45, 2.75) is 51.9 Å². The van der Waals surface area contributed by atoms with Crippen LogP contribution in [0.3, 0.4) is 0 Å². The molecule has 2 amide bonds. The van der Waals surface area contributed by atoms with Gasteiger partial charge in [-0.15, -0.1) is 10.2 Å².